The molecule has 2 nitrogen and oxygen atoms in total. The van der Waals surface area contributed by atoms with Gasteiger partial charge in [-0.05, 0) is 69.6 Å². The van der Waals surface area contributed by atoms with E-state index in [1.165, 1.54) is 31.2 Å². The molecule has 2 heteroatoms. The van der Waals surface area contributed by atoms with Gasteiger partial charge in [-0.1, -0.05) is 18.2 Å². The summed E-state index contributed by atoms with van der Waals surface area (Å²) in [5.74, 6) is 0. The van der Waals surface area contributed by atoms with Crippen molar-refractivity contribution >= 4 is 0 Å². The Morgan fingerprint density at radius 3 is 2.55 bits per heavy atom. The fourth-order valence-electron chi connectivity index (χ4n) is 2.73. The van der Waals surface area contributed by atoms with Crippen LogP contribution in [0.2, 0.25) is 0 Å². The van der Waals surface area contributed by atoms with E-state index in [-0.39, 0.29) is 5.54 Å². The average Bonchev–Trinajstić information content (AvgIpc) is 2.41. The van der Waals surface area contributed by atoms with Crippen LogP contribution in [-0.4, -0.2) is 25.3 Å². The molecule has 1 N–H and O–H groups in total. The number of benzene rings is 1. The van der Waals surface area contributed by atoms with Crippen LogP contribution in [0, 0.1) is 0 Å². The molecule has 0 saturated heterocycles. The summed E-state index contributed by atoms with van der Waals surface area (Å²) in [4.78, 5) is 0. The number of hydrogen-bond donors (Lipinski definition) is 1. The van der Waals surface area contributed by atoms with Gasteiger partial charge < -0.3 is 10.1 Å². The Labute approximate surface area is 123 Å². The number of rotatable bonds is 6. The summed E-state index contributed by atoms with van der Waals surface area (Å²) < 4.78 is 5.71. The average molecular weight is 275 g/mol. The summed E-state index contributed by atoms with van der Waals surface area (Å²) >= 11 is 0. The van der Waals surface area contributed by atoms with Crippen molar-refractivity contribution in [2.75, 3.05) is 19.8 Å². The molecule has 0 heterocycles. The highest BCUT2D eigenvalue weighted by Crippen LogP contribution is 2.22. The Balaban J connectivity index is 1.67. The molecule has 20 heavy (non-hydrogen) atoms. The molecule has 1 aliphatic rings. The Morgan fingerprint density at radius 1 is 1.05 bits per heavy atom. The van der Waals surface area contributed by atoms with Crippen LogP contribution in [-0.2, 0) is 24.0 Å². The second kappa shape index (κ2) is 7.24. The van der Waals surface area contributed by atoms with Crippen molar-refractivity contribution < 1.29 is 4.74 Å². The van der Waals surface area contributed by atoms with Crippen LogP contribution >= 0.6 is 0 Å². The van der Waals surface area contributed by atoms with E-state index in [0.717, 1.165) is 26.2 Å². The summed E-state index contributed by atoms with van der Waals surface area (Å²) in [6.07, 6.45) is 6.27. The standard InChI is InChI=1S/C18H29NO/c1-18(2,3)19-11-13-20-12-10-15-8-9-16-6-4-5-7-17(16)14-15/h8-9,14,19H,4-7,10-13H2,1-3H3. The third kappa shape index (κ3) is 5.26. The lowest BCUT2D eigenvalue weighted by Crippen LogP contribution is -2.38. The molecule has 0 atom stereocenters. The summed E-state index contributed by atoms with van der Waals surface area (Å²) in [6.45, 7) is 9.08. The normalized spacial score (nSPS) is 15.2. The van der Waals surface area contributed by atoms with E-state index in [1.807, 2.05) is 0 Å². The minimum absolute atomic E-state index is 0.182. The lowest BCUT2D eigenvalue weighted by atomic mass is 9.90. The molecule has 0 saturated carbocycles. The van der Waals surface area contributed by atoms with E-state index in [0.29, 0.717) is 0 Å². The van der Waals surface area contributed by atoms with Crippen molar-refractivity contribution in [1.82, 2.24) is 5.32 Å². The Kier molecular flexibility index (Phi) is 5.62. The number of ether oxygens (including phenoxy) is 1. The highest BCUT2D eigenvalue weighted by molar-refractivity contribution is 5.33. The molecule has 2 rings (SSSR count). The SMILES string of the molecule is CC(C)(C)NCCOCCc1ccc2c(c1)CCCC2. The molecular formula is C18H29NO. The van der Waals surface area contributed by atoms with E-state index >= 15 is 0 Å². The van der Waals surface area contributed by atoms with E-state index in [1.54, 1.807) is 11.1 Å². The molecule has 1 aliphatic carbocycles. The van der Waals surface area contributed by atoms with Crippen molar-refractivity contribution in [3.63, 3.8) is 0 Å². The zero-order valence-corrected chi connectivity index (χ0v) is 13.3. The van der Waals surface area contributed by atoms with Crippen molar-refractivity contribution in [3.05, 3.63) is 34.9 Å². The predicted molar refractivity (Wildman–Crippen MR) is 85.4 cm³/mol. The highest BCUT2D eigenvalue weighted by Gasteiger charge is 2.09. The van der Waals surface area contributed by atoms with Gasteiger partial charge in [0, 0.05) is 12.1 Å². The lowest BCUT2D eigenvalue weighted by Gasteiger charge is -2.20. The topological polar surface area (TPSA) is 21.3 Å². The first kappa shape index (κ1) is 15.5. The summed E-state index contributed by atoms with van der Waals surface area (Å²) in [5, 5.41) is 3.44. The van der Waals surface area contributed by atoms with Gasteiger partial charge in [0.15, 0.2) is 0 Å². The third-order valence-electron chi connectivity index (χ3n) is 3.85. The van der Waals surface area contributed by atoms with Crippen LogP contribution in [0.5, 0.6) is 0 Å². The van der Waals surface area contributed by atoms with Crippen LogP contribution in [0.25, 0.3) is 0 Å². The van der Waals surface area contributed by atoms with E-state index < -0.39 is 0 Å². The first-order chi connectivity index (χ1) is 9.54. The van der Waals surface area contributed by atoms with Gasteiger partial charge >= 0.3 is 0 Å². The Hall–Kier alpha value is -0.860. The first-order valence-electron chi connectivity index (χ1n) is 7.98. The molecule has 0 fully saturated rings. The van der Waals surface area contributed by atoms with Crippen molar-refractivity contribution in [1.29, 1.82) is 0 Å². The number of hydrogen-bond acceptors (Lipinski definition) is 2. The van der Waals surface area contributed by atoms with E-state index in [2.05, 4.69) is 44.3 Å². The van der Waals surface area contributed by atoms with Crippen molar-refractivity contribution in [2.45, 2.75) is 58.4 Å². The van der Waals surface area contributed by atoms with Gasteiger partial charge in [-0.3, -0.25) is 0 Å². The zero-order valence-electron chi connectivity index (χ0n) is 13.3. The maximum absolute atomic E-state index is 5.71. The van der Waals surface area contributed by atoms with Gasteiger partial charge in [0.2, 0.25) is 0 Å². The van der Waals surface area contributed by atoms with Crippen molar-refractivity contribution in [3.8, 4) is 0 Å². The largest absolute Gasteiger partial charge is 0.380 e. The highest BCUT2D eigenvalue weighted by atomic mass is 16.5. The van der Waals surface area contributed by atoms with Gasteiger partial charge in [-0.25, -0.2) is 0 Å². The minimum Gasteiger partial charge on any atom is -0.380 e. The quantitative estimate of drug-likeness (QED) is 0.802. The number of fused-ring (bicyclic) bond motifs is 1. The molecule has 1 aromatic rings. The Morgan fingerprint density at radius 2 is 1.80 bits per heavy atom. The lowest BCUT2D eigenvalue weighted by molar-refractivity contribution is 0.133. The number of nitrogens with one attached hydrogen (secondary N) is 1. The molecular weight excluding hydrogens is 246 g/mol. The summed E-state index contributed by atoms with van der Waals surface area (Å²) in [6, 6.07) is 7.00. The molecule has 0 radical (unpaired) electrons. The monoisotopic (exact) mass is 275 g/mol. The fourth-order valence-corrected chi connectivity index (χ4v) is 2.73. The predicted octanol–water partition coefficient (Wildman–Crippen LogP) is 3.51. The van der Waals surface area contributed by atoms with E-state index in [9.17, 15) is 0 Å². The molecule has 0 unspecified atom stereocenters. The first-order valence-corrected chi connectivity index (χ1v) is 7.98. The minimum atomic E-state index is 0.182. The second-order valence-corrected chi connectivity index (χ2v) is 6.85. The van der Waals surface area contributed by atoms with Gasteiger partial charge in [-0.15, -0.1) is 0 Å². The smallest absolute Gasteiger partial charge is 0.0591 e. The fraction of sp³-hybridized carbons (Fsp3) is 0.667. The van der Waals surface area contributed by atoms with Crippen molar-refractivity contribution in [2.24, 2.45) is 0 Å². The van der Waals surface area contributed by atoms with Crippen LogP contribution in [0.3, 0.4) is 0 Å². The maximum atomic E-state index is 5.71. The molecule has 0 spiro atoms. The number of aryl methyl sites for hydroxylation is 2. The Bertz CT molecular complexity index is 420. The van der Waals surface area contributed by atoms with Crippen LogP contribution in [0.1, 0.15) is 50.3 Å². The molecule has 0 bridgehead atoms. The third-order valence-corrected chi connectivity index (χ3v) is 3.85. The van der Waals surface area contributed by atoms with Crippen LogP contribution in [0.4, 0.5) is 0 Å². The molecule has 0 aromatic heterocycles. The van der Waals surface area contributed by atoms with Gasteiger partial charge in [0.05, 0.1) is 13.2 Å². The molecule has 0 aliphatic heterocycles. The second-order valence-electron chi connectivity index (χ2n) is 6.85. The van der Waals surface area contributed by atoms with E-state index in [4.69, 9.17) is 4.74 Å². The van der Waals surface area contributed by atoms with Gasteiger partial charge in [0.25, 0.3) is 0 Å². The summed E-state index contributed by atoms with van der Waals surface area (Å²) in [5.41, 5.74) is 4.75. The molecule has 0 amide bonds. The maximum Gasteiger partial charge on any atom is 0.0591 e. The van der Waals surface area contributed by atoms with Crippen LogP contribution in [0.15, 0.2) is 18.2 Å². The molecule has 1 aromatic carbocycles. The van der Waals surface area contributed by atoms with Gasteiger partial charge in [-0.2, -0.15) is 0 Å². The summed E-state index contributed by atoms with van der Waals surface area (Å²) in [7, 11) is 0. The van der Waals surface area contributed by atoms with Crippen LogP contribution < -0.4 is 5.32 Å². The van der Waals surface area contributed by atoms with Gasteiger partial charge in [0.1, 0.15) is 0 Å². The molecule has 112 valence electrons. The zero-order chi connectivity index (χ0) is 14.4.